The van der Waals surface area contributed by atoms with E-state index in [0.29, 0.717) is 19.4 Å². The van der Waals surface area contributed by atoms with Crippen LogP contribution in [0.1, 0.15) is 69.4 Å². The molecule has 1 aliphatic rings. The summed E-state index contributed by atoms with van der Waals surface area (Å²) in [4.78, 5) is 11.6. The van der Waals surface area contributed by atoms with Crippen LogP contribution in [-0.4, -0.2) is 23.7 Å². The van der Waals surface area contributed by atoms with Gasteiger partial charge in [-0.15, -0.1) is 0 Å². The summed E-state index contributed by atoms with van der Waals surface area (Å²) >= 11 is 0. The van der Waals surface area contributed by atoms with Gasteiger partial charge in [-0.1, -0.05) is 32.0 Å². The number of hydrogen-bond donors (Lipinski definition) is 2. The number of rotatable bonds is 7. The quantitative estimate of drug-likeness (QED) is 0.691. The van der Waals surface area contributed by atoms with Crippen molar-refractivity contribution >= 4 is 5.97 Å². The number of benzene rings is 1. The van der Waals surface area contributed by atoms with Crippen molar-refractivity contribution in [1.82, 2.24) is 5.32 Å². The second kappa shape index (κ2) is 8.42. The van der Waals surface area contributed by atoms with Gasteiger partial charge in [0.05, 0.1) is 11.0 Å². The molecule has 0 aromatic heterocycles. The molecule has 146 valence electrons. The number of carbonyl (C=O) groups is 1. The first-order valence-corrected chi connectivity index (χ1v) is 9.35. The number of hydrogen-bond acceptors (Lipinski definition) is 2. The number of carboxylic acids is 1. The molecule has 26 heavy (non-hydrogen) atoms. The zero-order chi connectivity index (χ0) is 19.4. The minimum absolute atomic E-state index is 0.136. The summed E-state index contributed by atoms with van der Waals surface area (Å²) in [6, 6.07) is 5.86. The van der Waals surface area contributed by atoms with Crippen LogP contribution in [-0.2, 0) is 11.0 Å². The minimum atomic E-state index is -4.31. The highest BCUT2D eigenvalue weighted by Gasteiger charge is 2.36. The molecule has 1 fully saturated rings. The molecule has 6 heteroatoms. The Morgan fingerprint density at radius 3 is 2.27 bits per heavy atom. The van der Waals surface area contributed by atoms with Crippen LogP contribution in [0.5, 0.6) is 0 Å². The number of aliphatic carboxylic acids is 1. The van der Waals surface area contributed by atoms with Crippen LogP contribution in [0.25, 0.3) is 0 Å². The van der Waals surface area contributed by atoms with Gasteiger partial charge < -0.3 is 10.4 Å². The minimum Gasteiger partial charge on any atom is -0.481 e. The van der Waals surface area contributed by atoms with Crippen molar-refractivity contribution in [3.8, 4) is 0 Å². The van der Waals surface area contributed by atoms with E-state index in [9.17, 15) is 23.1 Å². The highest BCUT2D eigenvalue weighted by Crippen LogP contribution is 2.37. The number of halogens is 3. The van der Waals surface area contributed by atoms with Crippen LogP contribution in [0.3, 0.4) is 0 Å². The predicted molar refractivity (Wildman–Crippen MR) is 95.1 cm³/mol. The van der Waals surface area contributed by atoms with Crippen molar-refractivity contribution in [3.63, 3.8) is 0 Å². The fraction of sp³-hybridized carbons (Fsp3) is 0.650. The van der Waals surface area contributed by atoms with Gasteiger partial charge in [-0.25, -0.2) is 0 Å². The molecule has 0 saturated heterocycles. The van der Waals surface area contributed by atoms with Gasteiger partial charge in [-0.3, -0.25) is 4.79 Å². The molecule has 1 aromatic rings. The lowest BCUT2D eigenvalue weighted by Gasteiger charge is -2.33. The van der Waals surface area contributed by atoms with Gasteiger partial charge in [0, 0.05) is 12.6 Å². The number of carboxylic acid groups (broad SMARTS) is 1. The molecule has 1 aromatic carbocycles. The molecular formula is C20H28F3NO2. The molecule has 2 rings (SSSR count). The maximum absolute atomic E-state index is 12.9. The fourth-order valence-electron chi connectivity index (χ4n) is 3.82. The average Bonchev–Trinajstić information content (AvgIpc) is 2.62. The van der Waals surface area contributed by atoms with Gasteiger partial charge in [-0.05, 0) is 56.1 Å². The molecule has 1 aliphatic carbocycles. The van der Waals surface area contributed by atoms with Crippen molar-refractivity contribution in [2.45, 2.75) is 70.5 Å². The first-order valence-electron chi connectivity index (χ1n) is 9.35. The Kier molecular flexibility index (Phi) is 6.72. The molecule has 2 N–H and O–H groups in total. The van der Waals surface area contributed by atoms with Gasteiger partial charge in [-0.2, -0.15) is 13.2 Å². The SMILES string of the molecule is CCC(CC)(CNC1CCC(c2cccc(C(F)(F)F)c2)CC1)C(=O)O. The van der Waals surface area contributed by atoms with E-state index in [4.69, 9.17) is 0 Å². The Morgan fingerprint density at radius 2 is 1.77 bits per heavy atom. The molecule has 0 unspecified atom stereocenters. The molecule has 0 spiro atoms. The van der Waals surface area contributed by atoms with Crippen LogP contribution >= 0.6 is 0 Å². The van der Waals surface area contributed by atoms with Crippen molar-refractivity contribution in [2.24, 2.45) is 5.41 Å². The van der Waals surface area contributed by atoms with E-state index < -0.39 is 23.1 Å². The first kappa shape index (κ1) is 20.7. The maximum Gasteiger partial charge on any atom is 0.416 e. The van der Waals surface area contributed by atoms with Crippen molar-refractivity contribution in [3.05, 3.63) is 35.4 Å². The normalized spacial score (nSPS) is 21.6. The summed E-state index contributed by atoms with van der Waals surface area (Å²) in [7, 11) is 0. The largest absolute Gasteiger partial charge is 0.481 e. The van der Waals surface area contributed by atoms with Crippen molar-refractivity contribution in [2.75, 3.05) is 6.54 Å². The molecule has 3 nitrogen and oxygen atoms in total. The number of nitrogens with one attached hydrogen (secondary N) is 1. The third kappa shape index (κ3) is 4.78. The van der Waals surface area contributed by atoms with Crippen LogP contribution in [0.4, 0.5) is 13.2 Å². The third-order valence-electron chi connectivity index (χ3n) is 5.95. The monoisotopic (exact) mass is 371 g/mol. The van der Waals surface area contributed by atoms with E-state index in [-0.39, 0.29) is 12.0 Å². The summed E-state index contributed by atoms with van der Waals surface area (Å²) in [5.41, 5.74) is -0.578. The molecule has 0 heterocycles. The van der Waals surface area contributed by atoms with E-state index in [1.165, 1.54) is 12.1 Å². The molecule has 0 bridgehead atoms. The predicted octanol–water partition coefficient (Wildman–Crippen LogP) is 5.21. The summed E-state index contributed by atoms with van der Waals surface area (Å²) in [6.07, 6.45) is 0.175. The van der Waals surface area contributed by atoms with Crippen LogP contribution in [0, 0.1) is 5.41 Å². The molecule has 1 saturated carbocycles. The van der Waals surface area contributed by atoms with E-state index in [0.717, 1.165) is 37.3 Å². The third-order valence-corrected chi connectivity index (χ3v) is 5.95. The highest BCUT2D eigenvalue weighted by molar-refractivity contribution is 5.74. The standard InChI is InChI=1S/C20H28F3NO2/c1-3-19(4-2,18(25)26)13-24-17-10-8-14(9-11-17)15-6-5-7-16(12-15)20(21,22)23/h5-7,12,14,17,24H,3-4,8-11,13H2,1-2H3,(H,25,26). The summed E-state index contributed by atoms with van der Waals surface area (Å²) in [5, 5.41) is 12.9. The fourth-order valence-corrected chi connectivity index (χ4v) is 3.82. The second-order valence-electron chi connectivity index (χ2n) is 7.35. The second-order valence-corrected chi connectivity index (χ2v) is 7.35. The van der Waals surface area contributed by atoms with E-state index >= 15 is 0 Å². The van der Waals surface area contributed by atoms with E-state index in [1.54, 1.807) is 6.07 Å². The average molecular weight is 371 g/mol. The zero-order valence-corrected chi connectivity index (χ0v) is 15.4. The van der Waals surface area contributed by atoms with Gasteiger partial charge in [0.15, 0.2) is 0 Å². The maximum atomic E-state index is 12.9. The summed E-state index contributed by atoms with van der Waals surface area (Å²) in [5.74, 6) is -0.635. The smallest absolute Gasteiger partial charge is 0.416 e. The lowest BCUT2D eigenvalue weighted by Crippen LogP contribution is -2.44. The lowest BCUT2D eigenvalue weighted by molar-refractivity contribution is -0.149. The van der Waals surface area contributed by atoms with Crippen molar-refractivity contribution < 1.29 is 23.1 Å². The Balaban J connectivity index is 1.92. The Hall–Kier alpha value is -1.56. The summed E-state index contributed by atoms with van der Waals surface area (Å²) in [6.45, 7) is 4.22. The van der Waals surface area contributed by atoms with Gasteiger partial charge in [0.25, 0.3) is 0 Å². The first-order chi connectivity index (χ1) is 12.2. The van der Waals surface area contributed by atoms with Crippen LogP contribution in [0.2, 0.25) is 0 Å². The molecule has 0 radical (unpaired) electrons. The highest BCUT2D eigenvalue weighted by atomic mass is 19.4. The van der Waals surface area contributed by atoms with Gasteiger partial charge in [0.1, 0.15) is 0 Å². The Bertz CT molecular complexity index is 603. The molecule has 0 aliphatic heterocycles. The van der Waals surface area contributed by atoms with Crippen LogP contribution < -0.4 is 5.32 Å². The lowest BCUT2D eigenvalue weighted by atomic mass is 9.79. The number of alkyl halides is 3. The molecule has 0 amide bonds. The van der Waals surface area contributed by atoms with E-state index in [2.05, 4.69) is 5.32 Å². The van der Waals surface area contributed by atoms with Crippen molar-refractivity contribution in [1.29, 1.82) is 0 Å². The molecular weight excluding hydrogens is 343 g/mol. The Morgan fingerprint density at radius 1 is 1.15 bits per heavy atom. The topological polar surface area (TPSA) is 49.3 Å². The van der Waals surface area contributed by atoms with Gasteiger partial charge >= 0.3 is 12.1 Å². The zero-order valence-electron chi connectivity index (χ0n) is 15.4. The summed E-state index contributed by atoms with van der Waals surface area (Å²) < 4.78 is 38.7. The Labute approximate surface area is 153 Å². The van der Waals surface area contributed by atoms with Gasteiger partial charge in [0.2, 0.25) is 0 Å². The van der Waals surface area contributed by atoms with E-state index in [1.807, 2.05) is 13.8 Å². The molecule has 0 atom stereocenters. The van der Waals surface area contributed by atoms with Crippen LogP contribution in [0.15, 0.2) is 24.3 Å².